The van der Waals surface area contributed by atoms with Crippen LogP contribution in [0.1, 0.15) is 74.5 Å². The van der Waals surface area contributed by atoms with Crippen molar-refractivity contribution in [3.05, 3.63) is 80.2 Å². The minimum atomic E-state index is -0.633. The Morgan fingerprint density at radius 1 is 1.00 bits per heavy atom. The largest absolute Gasteiger partial charge is 0.457 e. The van der Waals surface area contributed by atoms with Crippen molar-refractivity contribution in [2.75, 3.05) is 6.54 Å². The lowest BCUT2D eigenvalue weighted by Crippen LogP contribution is -2.31. The second kappa shape index (κ2) is 8.56. The van der Waals surface area contributed by atoms with E-state index in [9.17, 15) is 19.2 Å². The zero-order chi connectivity index (χ0) is 24.0. The van der Waals surface area contributed by atoms with Gasteiger partial charge in [-0.3, -0.25) is 14.5 Å². The lowest BCUT2D eigenvalue weighted by molar-refractivity contribution is 0.0473. The van der Waals surface area contributed by atoms with E-state index in [0.717, 1.165) is 24.6 Å². The highest BCUT2D eigenvalue weighted by molar-refractivity contribution is 6.21. The lowest BCUT2D eigenvalue weighted by atomic mass is 10.0. The summed E-state index contributed by atoms with van der Waals surface area (Å²) in [7, 11) is 0. The molecule has 0 unspecified atom stereocenters. The number of rotatable bonds is 6. The maximum atomic E-state index is 12.8. The van der Waals surface area contributed by atoms with Gasteiger partial charge < -0.3 is 9.15 Å². The maximum Gasteiger partial charge on any atom is 0.338 e. The third-order valence-corrected chi connectivity index (χ3v) is 6.54. The molecule has 2 heterocycles. The van der Waals surface area contributed by atoms with Crippen molar-refractivity contribution in [3.63, 3.8) is 0 Å². The van der Waals surface area contributed by atoms with Gasteiger partial charge in [-0.15, -0.1) is 0 Å². The molecule has 0 atom stereocenters. The molecule has 0 saturated carbocycles. The van der Waals surface area contributed by atoms with E-state index >= 15 is 0 Å². The molecule has 1 aliphatic carbocycles. The summed E-state index contributed by atoms with van der Waals surface area (Å²) in [5.74, 6) is -1.01. The van der Waals surface area contributed by atoms with Crippen LogP contribution in [0.25, 0.3) is 11.0 Å². The third-order valence-electron chi connectivity index (χ3n) is 6.54. The fourth-order valence-electron chi connectivity index (χ4n) is 4.65. The Balaban J connectivity index is 1.36. The Bertz CT molecular complexity index is 1400. The highest BCUT2D eigenvalue weighted by Gasteiger charge is 2.35. The Kier molecular flexibility index (Phi) is 5.55. The first-order valence-electron chi connectivity index (χ1n) is 11.6. The molecule has 0 radical (unpaired) electrons. The number of amides is 2. The number of hydrogen-bond acceptors (Lipinski definition) is 6. The van der Waals surface area contributed by atoms with Gasteiger partial charge in [-0.05, 0) is 73.1 Å². The maximum absolute atomic E-state index is 12.8. The number of hydrogen-bond donors (Lipinski definition) is 0. The van der Waals surface area contributed by atoms with E-state index < -0.39 is 17.5 Å². The SMILES string of the molecule is CC(C)CCN1C(=O)c2ccc(C(=O)OCc3cc(=O)oc4cc5c(cc34)CCC5)cc2C1=O. The van der Waals surface area contributed by atoms with Crippen LogP contribution in [0.3, 0.4) is 0 Å². The van der Waals surface area contributed by atoms with Gasteiger partial charge in [0.05, 0.1) is 16.7 Å². The normalized spacial score (nSPS) is 14.7. The van der Waals surface area contributed by atoms with Crippen LogP contribution in [0.4, 0.5) is 0 Å². The van der Waals surface area contributed by atoms with E-state index in [1.807, 2.05) is 26.0 Å². The average molecular weight is 459 g/mol. The number of benzene rings is 2. The lowest BCUT2D eigenvalue weighted by Gasteiger charge is -2.14. The summed E-state index contributed by atoms with van der Waals surface area (Å²) in [6.07, 6.45) is 3.71. The molecule has 3 aromatic rings. The first-order chi connectivity index (χ1) is 16.3. The standard InChI is InChI=1S/C27H25NO6/c1-15(2)8-9-28-25(30)20-7-6-18(11-22(20)26(28)31)27(32)33-14-19-13-24(29)34-23-12-17-5-3-4-16(17)10-21(19)23/h6-7,10-13,15H,3-5,8-9,14H2,1-2H3. The molecule has 2 aliphatic rings. The van der Waals surface area contributed by atoms with E-state index in [2.05, 4.69) is 0 Å². The Hall–Kier alpha value is -3.74. The van der Waals surface area contributed by atoms with Gasteiger partial charge in [-0.2, -0.15) is 0 Å². The van der Waals surface area contributed by atoms with E-state index in [0.29, 0.717) is 35.6 Å². The number of ether oxygens (including phenoxy) is 1. The van der Waals surface area contributed by atoms with Crippen molar-refractivity contribution >= 4 is 28.8 Å². The number of nitrogens with zero attached hydrogens (tertiary/aromatic N) is 1. The molecule has 34 heavy (non-hydrogen) atoms. The zero-order valence-electron chi connectivity index (χ0n) is 19.2. The van der Waals surface area contributed by atoms with Crippen LogP contribution in [0.2, 0.25) is 0 Å². The Labute approximate surface area is 196 Å². The predicted octanol–water partition coefficient (Wildman–Crippen LogP) is 4.28. The second-order valence-electron chi connectivity index (χ2n) is 9.34. The number of fused-ring (bicyclic) bond motifs is 3. The zero-order valence-corrected chi connectivity index (χ0v) is 19.2. The third kappa shape index (κ3) is 3.91. The molecule has 2 amide bonds. The number of aryl methyl sites for hydroxylation is 2. The predicted molar refractivity (Wildman–Crippen MR) is 125 cm³/mol. The van der Waals surface area contributed by atoms with E-state index in [1.54, 1.807) is 0 Å². The first kappa shape index (κ1) is 22.1. The monoisotopic (exact) mass is 459 g/mol. The van der Waals surface area contributed by atoms with Crippen LogP contribution in [0, 0.1) is 5.92 Å². The number of imide groups is 1. The minimum absolute atomic E-state index is 0.107. The van der Waals surface area contributed by atoms with Gasteiger partial charge in [0.15, 0.2) is 0 Å². The minimum Gasteiger partial charge on any atom is -0.457 e. The first-order valence-corrected chi connectivity index (χ1v) is 11.6. The quantitative estimate of drug-likeness (QED) is 0.310. The van der Waals surface area contributed by atoms with Gasteiger partial charge in [-0.1, -0.05) is 13.8 Å². The molecule has 0 fully saturated rings. The molecular weight excluding hydrogens is 434 g/mol. The molecule has 1 aromatic heterocycles. The fraction of sp³-hybridized carbons (Fsp3) is 0.333. The average Bonchev–Trinajstić information content (AvgIpc) is 3.36. The number of carbonyl (C=O) groups is 3. The molecule has 0 N–H and O–H groups in total. The van der Waals surface area contributed by atoms with E-state index in [1.165, 1.54) is 40.3 Å². The summed E-state index contributed by atoms with van der Waals surface area (Å²) in [6.45, 7) is 4.29. The van der Waals surface area contributed by atoms with Gasteiger partial charge in [0.1, 0.15) is 12.2 Å². The smallest absolute Gasteiger partial charge is 0.338 e. The summed E-state index contributed by atoms with van der Waals surface area (Å²) in [4.78, 5) is 51.4. The van der Waals surface area contributed by atoms with Crippen LogP contribution < -0.4 is 5.63 Å². The van der Waals surface area contributed by atoms with E-state index in [-0.39, 0.29) is 23.6 Å². The van der Waals surface area contributed by atoms with Crippen molar-refractivity contribution < 1.29 is 23.5 Å². The highest BCUT2D eigenvalue weighted by atomic mass is 16.5. The van der Waals surface area contributed by atoms with Crippen LogP contribution in [-0.4, -0.2) is 29.2 Å². The van der Waals surface area contributed by atoms with Gasteiger partial charge in [-0.25, -0.2) is 9.59 Å². The fourth-order valence-corrected chi connectivity index (χ4v) is 4.65. The van der Waals surface area contributed by atoms with Crippen molar-refractivity contribution in [2.24, 2.45) is 5.92 Å². The summed E-state index contributed by atoms with van der Waals surface area (Å²) >= 11 is 0. The van der Waals surface area contributed by atoms with Gasteiger partial charge in [0.2, 0.25) is 0 Å². The van der Waals surface area contributed by atoms with Crippen LogP contribution in [0.5, 0.6) is 0 Å². The topological polar surface area (TPSA) is 93.9 Å². The van der Waals surface area contributed by atoms with Crippen LogP contribution in [-0.2, 0) is 24.2 Å². The Morgan fingerprint density at radius 2 is 1.74 bits per heavy atom. The van der Waals surface area contributed by atoms with Gasteiger partial charge >= 0.3 is 11.6 Å². The summed E-state index contributed by atoms with van der Waals surface area (Å²) in [6, 6.07) is 9.65. The molecule has 2 aromatic carbocycles. The summed E-state index contributed by atoms with van der Waals surface area (Å²) < 4.78 is 10.9. The number of esters is 1. The molecule has 7 nitrogen and oxygen atoms in total. The summed E-state index contributed by atoms with van der Waals surface area (Å²) in [5, 5.41) is 0.753. The van der Waals surface area contributed by atoms with Gasteiger partial charge in [0, 0.05) is 23.6 Å². The van der Waals surface area contributed by atoms with Crippen molar-refractivity contribution in [1.29, 1.82) is 0 Å². The van der Waals surface area contributed by atoms with E-state index in [4.69, 9.17) is 9.15 Å². The second-order valence-corrected chi connectivity index (χ2v) is 9.34. The molecule has 0 spiro atoms. The van der Waals surface area contributed by atoms with Crippen molar-refractivity contribution in [2.45, 2.75) is 46.1 Å². The molecule has 0 bridgehead atoms. The van der Waals surface area contributed by atoms with Gasteiger partial charge in [0.25, 0.3) is 11.8 Å². The summed E-state index contributed by atoms with van der Waals surface area (Å²) in [5.41, 5.74) is 3.65. The van der Waals surface area contributed by atoms with Crippen LogP contribution in [0.15, 0.2) is 45.6 Å². The molecule has 0 saturated heterocycles. The highest BCUT2D eigenvalue weighted by Crippen LogP contribution is 2.29. The van der Waals surface area contributed by atoms with Crippen LogP contribution >= 0.6 is 0 Å². The molecule has 174 valence electrons. The number of carbonyl (C=O) groups excluding carboxylic acids is 3. The molecule has 7 heteroatoms. The molecule has 1 aliphatic heterocycles. The van der Waals surface area contributed by atoms with Crippen molar-refractivity contribution in [1.82, 2.24) is 4.90 Å². The molecule has 5 rings (SSSR count). The molecular formula is C27H25NO6. The van der Waals surface area contributed by atoms with Crippen molar-refractivity contribution in [3.8, 4) is 0 Å². The Morgan fingerprint density at radius 3 is 2.50 bits per heavy atom.